The van der Waals surface area contributed by atoms with E-state index in [1.54, 1.807) is 6.92 Å². The van der Waals surface area contributed by atoms with Gasteiger partial charge in [0, 0.05) is 0 Å². The molecule has 8 heteroatoms. The number of carbonyl (C=O) groups excluding carboxylic acids is 1. The van der Waals surface area contributed by atoms with Gasteiger partial charge in [0.25, 0.3) is 5.91 Å². The van der Waals surface area contributed by atoms with Crippen LogP contribution in [0.2, 0.25) is 0 Å². The summed E-state index contributed by atoms with van der Waals surface area (Å²) >= 11 is 0. The monoisotopic (exact) mass is 356 g/mol. The van der Waals surface area contributed by atoms with Gasteiger partial charge < -0.3 is 20.2 Å². The van der Waals surface area contributed by atoms with Gasteiger partial charge in [-0.1, -0.05) is 19.1 Å². The standard InChI is InChI=1S/C17H19F3N2O3/c1-2-12(9-22-16(23)11-7-13(8-21)24-10-11)25-15-6-4-3-5-14(15)17(18,19)20/h3-7,10,12H,2,8-9,21H2,1H3,(H,22,23). The lowest BCUT2D eigenvalue weighted by atomic mass is 10.2. The van der Waals surface area contributed by atoms with Crippen LogP contribution in [0, 0.1) is 0 Å². The molecule has 0 bridgehead atoms. The van der Waals surface area contributed by atoms with Gasteiger partial charge >= 0.3 is 6.18 Å². The molecule has 2 aromatic rings. The molecule has 3 N–H and O–H groups in total. The van der Waals surface area contributed by atoms with Gasteiger partial charge in [-0.3, -0.25) is 4.79 Å². The molecule has 0 spiro atoms. The van der Waals surface area contributed by atoms with Crippen molar-refractivity contribution in [3.8, 4) is 5.75 Å². The summed E-state index contributed by atoms with van der Waals surface area (Å²) in [5, 5.41) is 2.62. The van der Waals surface area contributed by atoms with Crippen LogP contribution in [-0.2, 0) is 12.7 Å². The number of alkyl halides is 3. The second-order valence-corrected chi connectivity index (χ2v) is 5.36. The minimum absolute atomic E-state index is 0.0602. The quantitative estimate of drug-likeness (QED) is 0.798. The third-order valence-electron chi connectivity index (χ3n) is 3.55. The Balaban J connectivity index is 2.00. The first-order valence-corrected chi connectivity index (χ1v) is 7.73. The molecular weight excluding hydrogens is 337 g/mol. The van der Waals surface area contributed by atoms with Crippen LogP contribution in [0.5, 0.6) is 5.75 Å². The first-order chi connectivity index (χ1) is 11.8. The molecule has 0 radical (unpaired) electrons. The van der Waals surface area contributed by atoms with Crippen LogP contribution < -0.4 is 15.8 Å². The van der Waals surface area contributed by atoms with Crippen LogP contribution in [0.25, 0.3) is 0 Å². The Labute approximate surface area is 142 Å². The number of halogens is 3. The first kappa shape index (κ1) is 18.9. The maximum absolute atomic E-state index is 13.0. The van der Waals surface area contributed by atoms with E-state index in [2.05, 4.69) is 5.32 Å². The van der Waals surface area contributed by atoms with Crippen molar-refractivity contribution in [2.24, 2.45) is 5.73 Å². The lowest BCUT2D eigenvalue weighted by molar-refractivity contribution is -0.139. The highest BCUT2D eigenvalue weighted by atomic mass is 19.4. The molecule has 1 aromatic carbocycles. The third-order valence-corrected chi connectivity index (χ3v) is 3.55. The number of furan rings is 1. The molecule has 0 aliphatic heterocycles. The fourth-order valence-electron chi connectivity index (χ4n) is 2.17. The molecule has 2 rings (SSSR count). The Kier molecular flexibility index (Phi) is 6.08. The van der Waals surface area contributed by atoms with E-state index in [0.29, 0.717) is 17.7 Å². The number of hydrogen-bond donors (Lipinski definition) is 2. The van der Waals surface area contributed by atoms with Gasteiger partial charge in [-0.2, -0.15) is 13.2 Å². The predicted octanol–water partition coefficient (Wildman–Crippen LogP) is 3.34. The Morgan fingerprint density at radius 2 is 2.08 bits per heavy atom. The zero-order valence-corrected chi connectivity index (χ0v) is 13.6. The number of hydrogen-bond acceptors (Lipinski definition) is 4. The zero-order chi connectivity index (χ0) is 18.4. The second kappa shape index (κ2) is 8.06. The highest BCUT2D eigenvalue weighted by Gasteiger charge is 2.34. The molecule has 0 saturated heterocycles. The summed E-state index contributed by atoms with van der Waals surface area (Å²) in [5.41, 5.74) is 4.86. The van der Waals surface area contributed by atoms with Crippen molar-refractivity contribution in [2.45, 2.75) is 32.2 Å². The van der Waals surface area contributed by atoms with Crippen LogP contribution in [0.4, 0.5) is 13.2 Å². The predicted molar refractivity (Wildman–Crippen MR) is 85.1 cm³/mol. The fourth-order valence-corrected chi connectivity index (χ4v) is 2.17. The Morgan fingerprint density at radius 3 is 2.68 bits per heavy atom. The first-order valence-electron chi connectivity index (χ1n) is 7.73. The highest BCUT2D eigenvalue weighted by Crippen LogP contribution is 2.36. The zero-order valence-electron chi connectivity index (χ0n) is 13.6. The van der Waals surface area contributed by atoms with E-state index < -0.39 is 23.8 Å². The Bertz CT molecular complexity index is 713. The molecule has 1 unspecified atom stereocenters. The van der Waals surface area contributed by atoms with Gasteiger partial charge in [-0.15, -0.1) is 0 Å². The fraction of sp³-hybridized carbons (Fsp3) is 0.353. The van der Waals surface area contributed by atoms with Crippen molar-refractivity contribution >= 4 is 5.91 Å². The lowest BCUT2D eigenvalue weighted by Gasteiger charge is -2.21. The number of benzene rings is 1. The molecule has 1 amide bonds. The van der Waals surface area contributed by atoms with Crippen molar-refractivity contribution in [1.29, 1.82) is 0 Å². The normalized spacial score (nSPS) is 12.7. The highest BCUT2D eigenvalue weighted by molar-refractivity contribution is 5.93. The summed E-state index contributed by atoms with van der Waals surface area (Å²) in [4.78, 5) is 12.0. The molecule has 1 heterocycles. The minimum Gasteiger partial charge on any atom is -0.488 e. The summed E-state index contributed by atoms with van der Waals surface area (Å²) in [7, 11) is 0. The summed E-state index contributed by atoms with van der Waals surface area (Å²) in [6.07, 6.45) is -3.41. The smallest absolute Gasteiger partial charge is 0.419 e. The van der Waals surface area contributed by atoms with Crippen LogP contribution in [-0.4, -0.2) is 18.6 Å². The van der Waals surface area contributed by atoms with E-state index in [9.17, 15) is 18.0 Å². The summed E-state index contributed by atoms with van der Waals surface area (Å²) in [6.45, 7) is 1.99. The molecule has 0 aliphatic carbocycles. The van der Waals surface area contributed by atoms with Crippen molar-refractivity contribution in [3.05, 3.63) is 53.5 Å². The van der Waals surface area contributed by atoms with Crippen molar-refractivity contribution in [1.82, 2.24) is 5.32 Å². The minimum atomic E-state index is -4.51. The van der Waals surface area contributed by atoms with E-state index in [-0.39, 0.29) is 18.8 Å². The molecule has 136 valence electrons. The molecule has 1 aromatic heterocycles. The van der Waals surface area contributed by atoms with Crippen LogP contribution in [0.3, 0.4) is 0 Å². The van der Waals surface area contributed by atoms with Crippen LogP contribution in [0.1, 0.15) is 35.0 Å². The average molecular weight is 356 g/mol. The van der Waals surface area contributed by atoms with E-state index in [0.717, 1.165) is 6.07 Å². The van der Waals surface area contributed by atoms with Crippen molar-refractivity contribution in [2.75, 3.05) is 6.54 Å². The number of rotatable bonds is 7. The van der Waals surface area contributed by atoms with Crippen molar-refractivity contribution < 1.29 is 27.1 Å². The van der Waals surface area contributed by atoms with Gasteiger partial charge in [0.15, 0.2) is 0 Å². The van der Waals surface area contributed by atoms with E-state index in [1.165, 1.54) is 30.5 Å². The summed E-state index contributed by atoms with van der Waals surface area (Å²) < 4.78 is 49.5. The number of para-hydroxylation sites is 1. The molecule has 5 nitrogen and oxygen atoms in total. The SMILES string of the molecule is CCC(CNC(=O)c1coc(CN)c1)Oc1ccccc1C(F)(F)F. The van der Waals surface area contributed by atoms with Gasteiger partial charge in [-0.05, 0) is 24.6 Å². The molecule has 25 heavy (non-hydrogen) atoms. The van der Waals surface area contributed by atoms with Gasteiger partial charge in [0.05, 0.1) is 24.2 Å². The second-order valence-electron chi connectivity index (χ2n) is 5.36. The number of nitrogens with one attached hydrogen (secondary N) is 1. The van der Waals surface area contributed by atoms with Gasteiger partial charge in [-0.25, -0.2) is 0 Å². The largest absolute Gasteiger partial charge is 0.488 e. The van der Waals surface area contributed by atoms with Crippen molar-refractivity contribution in [3.63, 3.8) is 0 Å². The van der Waals surface area contributed by atoms with E-state index >= 15 is 0 Å². The number of ether oxygens (including phenoxy) is 1. The topological polar surface area (TPSA) is 77.5 Å². The molecule has 0 fully saturated rings. The maximum atomic E-state index is 13.0. The number of nitrogens with two attached hydrogens (primary N) is 1. The third kappa shape index (κ3) is 4.99. The Hall–Kier alpha value is -2.48. The van der Waals surface area contributed by atoms with E-state index in [4.69, 9.17) is 14.9 Å². The lowest BCUT2D eigenvalue weighted by Crippen LogP contribution is -2.35. The molecule has 0 aliphatic rings. The van der Waals surface area contributed by atoms with E-state index in [1.807, 2.05) is 0 Å². The number of carbonyl (C=O) groups is 1. The van der Waals surface area contributed by atoms with Crippen LogP contribution >= 0.6 is 0 Å². The number of amides is 1. The molecule has 0 saturated carbocycles. The summed E-state index contributed by atoms with van der Waals surface area (Å²) in [6, 6.07) is 6.50. The average Bonchev–Trinajstić information content (AvgIpc) is 3.07. The van der Waals surface area contributed by atoms with Gasteiger partial charge in [0.1, 0.15) is 23.9 Å². The van der Waals surface area contributed by atoms with Crippen LogP contribution in [0.15, 0.2) is 41.0 Å². The van der Waals surface area contributed by atoms with Gasteiger partial charge in [0.2, 0.25) is 0 Å². The Morgan fingerprint density at radius 1 is 1.36 bits per heavy atom. The molecular formula is C17H19F3N2O3. The maximum Gasteiger partial charge on any atom is 0.419 e. The summed E-state index contributed by atoms with van der Waals surface area (Å²) in [5.74, 6) is -0.202. The molecule has 1 atom stereocenters.